The van der Waals surface area contributed by atoms with Gasteiger partial charge in [-0.15, -0.1) is 0 Å². The normalized spacial score (nSPS) is 12.2. The average Bonchev–Trinajstić information content (AvgIpc) is 3.33. The van der Waals surface area contributed by atoms with E-state index in [-0.39, 0.29) is 6.04 Å². The van der Waals surface area contributed by atoms with Gasteiger partial charge in [0.25, 0.3) is 0 Å². The second-order valence-electron chi connectivity index (χ2n) is 7.00. The first-order valence-electron chi connectivity index (χ1n) is 9.54. The first-order chi connectivity index (χ1) is 13.6. The van der Waals surface area contributed by atoms with Crippen molar-refractivity contribution in [3.05, 3.63) is 89.8 Å². The van der Waals surface area contributed by atoms with Crippen molar-refractivity contribution < 1.29 is 0 Å². The summed E-state index contributed by atoms with van der Waals surface area (Å²) in [6.07, 6.45) is 7.33. The maximum atomic E-state index is 4.91. The highest BCUT2D eigenvalue weighted by atomic mass is 15.4. The second kappa shape index (κ2) is 7.76. The van der Waals surface area contributed by atoms with Crippen molar-refractivity contribution >= 4 is 0 Å². The zero-order valence-electron chi connectivity index (χ0n) is 16.4. The number of pyridine rings is 1. The molecule has 6 nitrogen and oxygen atoms in total. The van der Waals surface area contributed by atoms with E-state index in [1.165, 1.54) is 5.56 Å². The van der Waals surface area contributed by atoms with Gasteiger partial charge in [-0.05, 0) is 44.9 Å². The summed E-state index contributed by atoms with van der Waals surface area (Å²) in [5.41, 5.74) is 3.22. The number of hydrogen-bond donors (Lipinski definition) is 0. The Morgan fingerprint density at radius 2 is 1.79 bits per heavy atom. The third-order valence-corrected chi connectivity index (χ3v) is 4.93. The van der Waals surface area contributed by atoms with Crippen LogP contribution in [0.15, 0.2) is 61.1 Å². The number of imidazole rings is 1. The summed E-state index contributed by atoms with van der Waals surface area (Å²) >= 11 is 0. The smallest absolute Gasteiger partial charge is 0.155 e. The largest absolute Gasteiger partial charge is 0.325 e. The summed E-state index contributed by atoms with van der Waals surface area (Å²) in [4.78, 5) is 13.6. The third kappa shape index (κ3) is 3.71. The summed E-state index contributed by atoms with van der Waals surface area (Å²) in [7, 11) is 0. The molecule has 0 spiro atoms. The molecule has 1 aromatic carbocycles. The van der Waals surface area contributed by atoms with Crippen LogP contribution in [0.3, 0.4) is 0 Å². The van der Waals surface area contributed by atoms with Gasteiger partial charge in [-0.3, -0.25) is 4.98 Å². The number of aryl methyl sites for hydroxylation is 4. The van der Waals surface area contributed by atoms with Gasteiger partial charge in [-0.1, -0.05) is 30.3 Å². The fourth-order valence-corrected chi connectivity index (χ4v) is 3.42. The molecular weight excluding hydrogens is 348 g/mol. The number of nitrogens with zero attached hydrogens (tertiary/aromatic N) is 6. The topological polar surface area (TPSA) is 61.4 Å². The molecule has 28 heavy (non-hydrogen) atoms. The fraction of sp³-hybridized carbons (Fsp3) is 0.273. The molecule has 6 heteroatoms. The summed E-state index contributed by atoms with van der Waals surface area (Å²) in [6.45, 7) is 6.12. The van der Waals surface area contributed by atoms with Gasteiger partial charge >= 0.3 is 0 Å². The molecule has 1 atom stereocenters. The van der Waals surface area contributed by atoms with Crippen LogP contribution in [0.1, 0.15) is 41.7 Å². The van der Waals surface area contributed by atoms with Gasteiger partial charge in [0.2, 0.25) is 0 Å². The van der Waals surface area contributed by atoms with Crippen LogP contribution in [0.5, 0.6) is 0 Å². The molecule has 0 radical (unpaired) electrons. The summed E-state index contributed by atoms with van der Waals surface area (Å²) in [5.74, 6) is 2.70. The van der Waals surface area contributed by atoms with Gasteiger partial charge < -0.3 is 4.57 Å². The molecule has 4 aromatic rings. The van der Waals surface area contributed by atoms with Crippen molar-refractivity contribution in [3.63, 3.8) is 0 Å². The molecule has 0 aliphatic carbocycles. The van der Waals surface area contributed by atoms with E-state index in [4.69, 9.17) is 10.1 Å². The lowest BCUT2D eigenvalue weighted by atomic mass is 10.1. The maximum Gasteiger partial charge on any atom is 0.155 e. The molecule has 0 bridgehead atoms. The van der Waals surface area contributed by atoms with Crippen molar-refractivity contribution in [2.45, 2.75) is 39.7 Å². The van der Waals surface area contributed by atoms with Crippen molar-refractivity contribution in [2.24, 2.45) is 0 Å². The number of rotatable bonds is 6. The number of benzene rings is 1. The average molecular weight is 372 g/mol. The summed E-state index contributed by atoms with van der Waals surface area (Å²) < 4.78 is 4.06. The SMILES string of the molecule is Cc1cc(-n2nc(CCc3ccccc3)nc2[C@@H](C)n2ccnc2C)ccn1. The Labute approximate surface area is 164 Å². The van der Waals surface area contributed by atoms with Crippen LogP contribution in [0, 0.1) is 13.8 Å². The first-order valence-corrected chi connectivity index (χ1v) is 9.54. The van der Waals surface area contributed by atoms with E-state index in [0.717, 1.165) is 41.7 Å². The van der Waals surface area contributed by atoms with Gasteiger partial charge in [0.05, 0.1) is 11.7 Å². The van der Waals surface area contributed by atoms with Crippen LogP contribution < -0.4 is 0 Å². The van der Waals surface area contributed by atoms with Crippen molar-refractivity contribution in [1.29, 1.82) is 0 Å². The molecule has 0 aliphatic rings. The van der Waals surface area contributed by atoms with Gasteiger partial charge in [-0.25, -0.2) is 14.6 Å². The quantitative estimate of drug-likeness (QED) is 0.515. The molecule has 0 N–H and O–H groups in total. The molecule has 0 aliphatic heterocycles. The Morgan fingerprint density at radius 3 is 2.50 bits per heavy atom. The lowest BCUT2D eigenvalue weighted by molar-refractivity contribution is 0.565. The van der Waals surface area contributed by atoms with E-state index in [2.05, 4.69) is 45.7 Å². The molecule has 0 saturated carbocycles. The molecule has 142 valence electrons. The van der Waals surface area contributed by atoms with Gasteiger partial charge in [-0.2, -0.15) is 5.10 Å². The van der Waals surface area contributed by atoms with Gasteiger partial charge in [0.15, 0.2) is 11.6 Å². The molecule has 0 amide bonds. The Kier molecular flexibility index (Phi) is 5.02. The minimum atomic E-state index is 0.0222. The summed E-state index contributed by atoms with van der Waals surface area (Å²) in [5, 5.41) is 4.84. The van der Waals surface area contributed by atoms with Crippen LogP contribution >= 0.6 is 0 Å². The highest BCUT2D eigenvalue weighted by molar-refractivity contribution is 5.32. The number of aromatic nitrogens is 6. The minimum absolute atomic E-state index is 0.0222. The van der Waals surface area contributed by atoms with E-state index in [0.29, 0.717) is 0 Å². The van der Waals surface area contributed by atoms with E-state index in [1.807, 2.05) is 55.3 Å². The highest BCUT2D eigenvalue weighted by Gasteiger charge is 2.20. The van der Waals surface area contributed by atoms with Crippen LogP contribution in [0.4, 0.5) is 0 Å². The van der Waals surface area contributed by atoms with Crippen LogP contribution in [0.2, 0.25) is 0 Å². The zero-order chi connectivity index (χ0) is 19.5. The molecule has 4 rings (SSSR count). The van der Waals surface area contributed by atoms with Crippen LogP contribution in [0.25, 0.3) is 5.69 Å². The predicted octanol–water partition coefficient (Wildman–Crippen LogP) is 3.87. The Balaban J connectivity index is 1.70. The molecule has 0 unspecified atom stereocenters. The van der Waals surface area contributed by atoms with Crippen molar-refractivity contribution in [1.82, 2.24) is 29.3 Å². The molecule has 3 aromatic heterocycles. The number of hydrogen-bond acceptors (Lipinski definition) is 4. The van der Waals surface area contributed by atoms with E-state index < -0.39 is 0 Å². The van der Waals surface area contributed by atoms with Crippen LogP contribution in [-0.2, 0) is 12.8 Å². The van der Waals surface area contributed by atoms with E-state index >= 15 is 0 Å². The van der Waals surface area contributed by atoms with Gasteiger partial charge in [0, 0.05) is 30.7 Å². The lowest BCUT2D eigenvalue weighted by Gasteiger charge is -2.15. The van der Waals surface area contributed by atoms with Crippen LogP contribution in [-0.4, -0.2) is 29.3 Å². The van der Waals surface area contributed by atoms with Crippen molar-refractivity contribution in [3.8, 4) is 5.69 Å². The van der Waals surface area contributed by atoms with Gasteiger partial charge in [0.1, 0.15) is 5.82 Å². The molecule has 3 heterocycles. The van der Waals surface area contributed by atoms with E-state index in [1.54, 1.807) is 0 Å². The Hall–Kier alpha value is -3.28. The van der Waals surface area contributed by atoms with Crippen molar-refractivity contribution in [2.75, 3.05) is 0 Å². The zero-order valence-corrected chi connectivity index (χ0v) is 16.4. The summed E-state index contributed by atoms with van der Waals surface area (Å²) in [6, 6.07) is 14.5. The second-order valence-corrected chi connectivity index (χ2v) is 7.00. The maximum absolute atomic E-state index is 4.91. The fourth-order valence-electron chi connectivity index (χ4n) is 3.42. The monoisotopic (exact) mass is 372 g/mol. The molecule has 0 saturated heterocycles. The molecular formula is C22H24N6. The predicted molar refractivity (Wildman–Crippen MR) is 109 cm³/mol. The lowest BCUT2D eigenvalue weighted by Crippen LogP contribution is -2.14. The Bertz CT molecular complexity index is 1060. The highest BCUT2D eigenvalue weighted by Crippen LogP contribution is 2.22. The standard InChI is InChI=1S/C22H24N6/c1-16-15-20(11-12-23-16)28-22(17(2)27-14-13-24-18(27)3)25-21(26-28)10-9-19-7-5-4-6-8-19/h4-8,11-15,17H,9-10H2,1-3H3/t17-/m1/s1. The third-order valence-electron chi connectivity index (χ3n) is 4.93. The molecule has 0 fully saturated rings. The Morgan fingerprint density at radius 1 is 0.964 bits per heavy atom. The van der Waals surface area contributed by atoms with E-state index in [9.17, 15) is 0 Å². The minimum Gasteiger partial charge on any atom is -0.325 e. The first kappa shape index (κ1) is 18.1.